The Kier molecular flexibility index (Phi) is 5.34. The van der Waals surface area contributed by atoms with Crippen LogP contribution in [0.2, 0.25) is 0 Å². The van der Waals surface area contributed by atoms with E-state index in [2.05, 4.69) is 0 Å². The zero-order chi connectivity index (χ0) is 25.0. The summed E-state index contributed by atoms with van der Waals surface area (Å²) in [7, 11) is 1.40. The fourth-order valence-corrected chi connectivity index (χ4v) is 4.63. The lowest BCUT2D eigenvalue weighted by molar-refractivity contribution is 0.0209. The summed E-state index contributed by atoms with van der Waals surface area (Å²) in [4.78, 5) is 12.8. The van der Waals surface area contributed by atoms with Crippen LogP contribution in [0, 0.1) is 0 Å². The predicted octanol–water partition coefficient (Wildman–Crippen LogP) is 2.40. The number of Topliss-reactive ketones (excluding diaryl/α,β-unsaturated/α-hetero) is 1. The van der Waals surface area contributed by atoms with Gasteiger partial charge in [0, 0.05) is 17.7 Å². The number of carbonyl (C=O) groups excluding carboxylic acids is 1. The first-order valence-corrected chi connectivity index (χ1v) is 10.7. The van der Waals surface area contributed by atoms with Crippen LogP contribution in [0.1, 0.15) is 45.2 Å². The second-order valence-electron chi connectivity index (χ2n) is 8.40. The van der Waals surface area contributed by atoms with E-state index in [0.717, 1.165) is 12.1 Å². The molecular weight excluding hydrogens is 460 g/mol. The number of phenols is 4. The lowest BCUT2D eigenvalue weighted by atomic mass is 9.87. The van der Waals surface area contributed by atoms with Gasteiger partial charge in [0.1, 0.15) is 28.9 Å². The van der Waals surface area contributed by atoms with Crippen molar-refractivity contribution in [3.8, 4) is 40.2 Å². The van der Waals surface area contributed by atoms with Crippen molar-refractivity contribution in [1.29, 1.82) is 0 Å². The smallest absolute Gasteiger partial charge is 0.202 e. The number of benzene rings is 3. The molecule has 0 radical (unpaired) electrons. The van der Waals surface area contributed by atoms with Crippen LogP contribution in [0.3, 0.4) is 0 Å². The van der Waals surface area contributed by atoms with E-state index in [-0.39, 0.29) is 52.2 Å². The molecule has 2 aliphatic rings. The molecule has 0 saturated heterocycles. The van der Waals surface area contributed by atoms with Crippen molar-refractivity contribution in [3.05, 3.63) is 64.7 Å². The van der Waals surface area contributed by atoms with E-state index in [1.165, 1.54) is 19.2 Å². The molecule has 0 fully saturated rings. The number of aliphatic hydroxyl groups is 2. The van der Waals surface area contributed by atoms with Gasteiger partial charge in [0.15, 0.2) is 35.2 Å². The molecule has 3 aromatic rings. The number of ketones is 1. The van der Waals surface area contributed by atoms with Gasteiger partial charge in [0.25, 0.3) is 0 Å². The minimum atomic E-state index is -1.71. The molecule has 10 heteroatoms. The molecule has 182 valence electrons. The fraction of sp³-hybridized carbons (Fsp3) is 0.240. The zero-order valence-electron chi connectivity index (χ0n) is 18.4. The van der Waals surface area contributed by atoms with Gasteiger partial charge in [-0.05, 0) is 35.4 Å². The summed E-state index contributed by atoms with van der Waals surface area (Å²) in [5.74, 6) is -2.45. The van der Waals surface area contributed by atoms with E-state index in [9.17, 15) is 35.4 Å². The zero-order valence-corrected chi connectivity index (χ0v) is 18.4. The van der Waals surface area contributed by atoms with Gasteiger partial charge in [-0.25, -0.2) is 0 Å². The molecule has 1 unspecified atom stereocenters. The van der Waals surface area contributed by atoms with Crippen LogP contribution < -0.4 is 14.2 Å². The number of fused-ring (bicyclic) bond motifs is 2. The summed E-state index contributed by atoms with van der Waals surface area (Å²) in [6.45, 7) is -0.360. The van der Waals surface area contributed by atoms with Crippen molar-refractivity contribution in [1.82, 2.24) is 0 Å². The van der Waals surface area contributed by atoms with E-state index < -0.39 is 35.8 Å². The van der Waals surface area contributed by atoms with Gasteiger partial charge in [-0.1, -0.05) is 6.07 Å². The standard InChI is InChI=1S/C25H22O10/c1-33-18-6-10(2-3-15(18)28)23-14(9-26)13-4-11(5-17(30)25(13)35-23)24-22(32)21(31)20-16(29)7-12(27)8-19(20)34-24/h2-8,14,22-24,26-30,32H,9H2,1H3/t14-,22+,23?,24-/m1/s1. The third-order valence-corrected chi connectivity index (χ3v) is 6.31. The Morgan fingerprint density at radius 3 is 2.37 bits per heavy atom. The highest BCUT2D eigenvalue weighted by atomic mass is 16.5. The average Bonchev–Trinajstić information content (AvgIpc) is 3.20. The van der Waals surface area contributed by atoms with Gasteiger partial charge in [-0.15, -0.1) is 0 Å². The highest BCUT2D eigenvalue weighted by Crippen LogP contribution is 2.52. The van der Waals surface area contributed by atoms with E-state index in [1.807, 2.05) is 0 Å². The summed E-state index contributed by atoms with van der Waals surface area (Å²) in [5.41, 5.74) is 0.976. The summed E-state index contributed by atoms with van der Waals surface area (Å²) >= 11 is 0. The summed E-state index contributed by atoms with van der Waals surface area (Å²) in [6, 6.07) is 9.56. The van der Waals surface area contributed by atoms with Gasteiger partial charge in [-0.3, -0.25) is 4.79 Å². The second-order valence-corrected chi connectivity index (χ2v) is 8.40. The third-order valence-electron chi connectivity index (χ3n) is 6.31. The Balaban J connectivity index is 1.54. The van der Waals surface area contributed by atoms with Crippen molar-refractivity contribution in [3.63, 3.8) is 0 Å². The van der Waals surface area contributed by atoms with E-state index >= 15 is 0 Å². The quantitative estimate of drug-likeness (QED) is 0.325. The molecule has 0 spiro atoms. The molecule has 35 heavy (non-hydrogen) atoms. The van der Waals surface area contributed by atoms with Crippen LogP contribution in [0.25, 0.3) is 0 Å². The number of hydrogen-bond acceptors (Lipinski definition) is 10. The monoisotopic (exact) mass is 482 g/mol. The summed E-state index contributed by atoms with van der Waals surface area (Å²) in [6.07, 6.45) is -3.69. The maximum atomic E-state index is 12.8. The van der Waals surface area contributed by atoms with E-state index in [0.29, 0.717) is 11.1 Å². The first-order chi connectivity index (χ1) is 16.7. The number of methoxy groups -OCH3 is 1. The Bertz CT molecular complexity index is 1330. The lowest BCUT2D eigenvalue weighted by Crippen LogP contribution is -2.36. The largest absolute Gasteiger partial charge is 0.508 e. The number of ether oxygens (including phenoxy) is 3. The van der Waals surface area contributed by atoms with Crippen LogP contribution >= 0.6 is 0 Å². The van der Waals surface area contributed by atoms with Gasteiger partial charge in [-0.2, -0.15) is 0 Å². The molecule has 0 saturated carbocycles. The maximum Gasteiger partial charge on any atom is 0.202 e. The summed E-state index contributed by atoms with van der Waals surface area (Å²) in [5, 5.41) is 61.3. The molecule has 0 amide bonds. The molecule has 6 N–H and O–H groups in total. The lowest BCUT2D eigenvalue weighted by Gasteiger charge is -2.30. The molecule has 0 aliphatic carbocycles. The molecule has 3 aromatic carbocycles. The number of hydrogen-bond donors (Lipinski definition) is 6. The molecule has 0 aromatic heterocycles. The normalized spacial score (nSPS) is 22.7. The molecule has 5 rings (SSSR count). The molecule has 10 nitrogen and oxygen atoms in total. The van der Waals surface area contributed by atoms with Crippen LogP contribution in [0.4, 0.5) is 0 Å². The molecule has 4 atom stereocenters. The van der Waals surface area contributed by atoms with Crippen molar-refractivity contribution in [2.24, 2.45) is 0 Å². The van der Waals surface area contributed by atoms with Gasteiger partial charge >= 0.3 is 0 Å². The number of aromatic hydroxyl groups is 4. The van der Waals surface area contributed by atoms with Crippen LogP contribution in [0.5, 0.6) is 40.2 Å². The molecule has 2 aliphatic heterocycles. The Labute approximate surface area is 198 Å². The first-order valence-electron chi connectivity index (χ1n) is 10.7. The van der Waals surface area contributed by atoms with Gasteiger partial charge < -0.3 is 44.8 Å². The Morgan fingerprint density at radius 2 is 1.66 bits per heavy atom. The maximum absolute atomic E-state index is 12.8. The summed E-state index contributed by atoms with van der Waals surface area (Å²) < 4.78 is 16.9. The van der Waals surface area contributed by atoms with Crippen molar-refractivity contribution < 1.29 is 49.6 Å². The predicted molar refractivity (Wildman–Crippen MR) is 119 cm³/mol. The molecular formula is C25H22O10. The first kappa shape index (κ1) is 22.6. The van der Waals surface area contributed by atoms with Crippen molar-refractivity contribution in [2.75, 3.05) is 13.7 Å². The van der Waals surface area contributed by atoms with Crippen LogP contribution in [-0.4, -0.2) is 56.2 Å². The average molecular weight is 482 g/mol. The van der Waals surface area contributed by atoms with E-state index in [4.69, 9.17) is 14.2 Å². The van der Waals surface area contributed by atoms with Crippen LogP contribution in [0.15, 0.2) is 42.5 Å². The highest BCUT2D eigenvalue weighted by molar-refractivity contribution is 6.05. The van der Waals surface area contributed by atoms with E-state index in [1.54, 1.807) is 18.2 Å². The topological polar surface area (TPSA) is 166 Å². The number of phenolic OH excluding ortho intramolecular Hbond substituents is 4. The number of carbonyl (C=O) groups is 1. The molecule has 2 heterocycles. The third kappa shape index (κ3) is 3.54. The minimum Gasteiger partial charge on any atom is -0.508 e. The van der Waals surface area contributed by atoms with Gasteiger partial charge in [0.05, 0.1) is 19.6 Å². The van der Waals surface area contributed by atoms with Crippen molar-refractivity contribution in [2.45, 2.75) is 24.2 Å². The van der Waals surface area contributed by atoms with Gasteiger partial charge in [0.2, 0.25) is 5.78 Å². The minimum absolute atomic E-state index is 0.0668. The Hall–Kier alpha value is -4.15. The SMILES string of the molecule is COc1cc(C2Oc3c(O)cc([C@H]4Oc5cc(O)cc(O)c5C(=O)[C@@H]4O)cc3[C@H]2CO)ccc1O. The van der Waals surface area contributed by atoms with Crippen molar-refractivity contribution >= 4 is 5.78 Å². The fourth-order valence-electron chi connectivity index (χ4n) is 4.63. The highest BCUT2D eigenvalue weighted by Gasteiger charge is 2.42. The second kappa shape index (κ2) is 8.26. The number of aliphatic hydroxyl groups excluding tert-OH is 2. The molecule has 0 bridgehead atoms. The Morgan fingerprint density at radius 1 is 0.886 bits per heavy atom. The van der Waals surface area contributed by atoms with Crippen LogP contribution in [-0.2, 0) is 0 Å². The number of rotatable bonds is 4.